The third-order valence-electron chi connectivity index (χ3n) is 9.06. The third-order valence-corrected chi connectivity index (χ3v) is 11.6. The van der Waals surface area contributed by atoms with Gasteiger partial charge in [-0.2, -0.15) is 0 Å². The lowest BCUT2D eigenvalue weighted by molar-refractivity contribution is -0.157. The molecule has 8 atom stereocenters. The zero-order valence-corrected chi connectivity index (χ0v) is 23.2. The fourth-order valence-electron chi connectivity index (χ4n) is 7.57. The Bertz CT molecular complexity index is 1350. The minimum atomic E-state index is -1.14. The van der Waals surface area contributed by atoms with Crippen LogP contribution in [0.3, 0.4) is 0 Å². The number of amides is 2. The maximum absolute atomic E-state index is 13.7. The first-order chi connectivity index (χ1) is 17.4. The predicted octanol–water partition coefficient (Wildman–Crippen LogP) is 4.32. The van der Waals surface area contributed by atoms with Crippen molar-refractivity contribution in [1.82, 2.24) is 9.88 Å². The number of H-pyrrole nitrogens is 1. The zero-order chi connectivity index (χ0) is 26.5. The summed E-state index contributed by atoms with van der Waals surface area (Å²) in [6, 6.07) is 7.48. The van der Waals surface area contributed by atoms with Crippen molar-refractivity contribution in [2.45, 2.75) is 68.7 Å². The van der Waals surface area contributed by atoms with E-state index < -0.39 is 23.8 Å². The molecule has 3 heterocycles. The lowest BCUT2D eigenvalue weighted by Gasteiger charge is -2.43. The topological polar surface area (TPSA) is 108 Å². The lowest BCUT2D eigenvalue weighted by atomic mass is 9.68. The Hall–Kier alpha value is -2.39. The fraction of sp³-hybridized carbons (Fsp3) is 0.571. The molecule has 2 saturated carbocycles. The van der Waals surface area contributed by atoms with Crippen molar-refractivity contribution in [3.05, 3.63) is 49.9 Å². The molecule has 2 aromatic rings. The van der Waals surface area contributed by atoms with Crippen LogP contribution < -0.4 is 4.87 Å². The number of nitrogens with zero attached hydrogens (tertiary/aromatic N) is 1. The quantitative estimate of drug-likeness (QED) is 0.560. The molecule has 37 heavy (non-hydrogen) atoms. The van der Waals surface area contributed by atoms with Crippen LogP contribution in [0.4, 0.5) is 0 Å². The number of benzene rings is 1. The third kappa shape index (κ3) is 3.52. The van der Waals surface area contributed by atoms with Gasteiger partial charge < -0.3 is 10.1 Å². The second kappa shape index (κ2) is 8.30. The molecule has 1 aromatic heterocycles. The number of aromatic nitrogens is 1. The van der Waals surface area contributed by atoms with Crippen molar-refractivity contribution in [2.75, 3.05) is 0 Å². The van der Waals surface area contributed by atoms with Crippen LogP contribution in [0.2, 0.25) is 0 Å². The highest BCUT2D eigenvalue weighted by molar-refractivity contribution is 8.00. The summed E-state index contributed by atoms with van der Waals surface area (Å²) in [6.45, 7) is 10.0. The number of carbonyl (C=O) groups excluding carboxylic acids is 2. The minimum Gasteiger partial charge on any atom is -0.480 e. The van der Waals surface area contributed by atoms with E-state index in [1.807, 2.05) is 0 Å². The van der Waals surface area contributed by atoms with Gasteiger partial charge >= 0.3 is 10.8 Å². The number of hydrogen-bond donors (Lipinski definition) is 2. The molecule has 196 valence electrons. The standard InChI is InChI=1S/C28H32N2O5S2/c1-11(2)20(26(33)34)30-24(31)18-14-10-15(19(18)25(30)32)21-17(14)16(22-23(36-21)29-27(35)37-22)12-6-8-13(9-7-12)28(3,4)5/h6-9,11,14-21H,10H2,1-5H3,(H,29,35)(H,33,34)/t14?,15?,16-,17?,18?,19?,20?,21?/m1/s1. The maximum Gasteiger partial charge on any atom is 0.327 e. The first-order valence-electron chi connectivity index (χ1n) is 13.0. The molecule has 6 rings (SSSR count). The highest BCUT2D eigenvalue weighted by Gasteiger charge is 2.70. The van der Waals surface area contributed by atoms with Gasteiger partial charge in [0.25, 0.3) is 0 Å². The number of thioether (sulfide) groups is 1. The number of carboxylic acids is 1. The number of carboxylic acid groups (broad SMARTS) is 1. The van der Waals surface area contributed by atoms with E-state index in [-0.39, 0.29) is 56.9 Å². The van der Waals surface area contributed by atoms with Gasteiger partial charge in [-0.25, -0.2) is 4.79 Å². The highest BCUT2D eigenvalue weighted by Crippen LogP contribution is 2.68. The molecule has 2 aliphatic carbocycles. The molecule has 0 radical (unpaired) electrons. The number of likely N-dealkylation sites (tertiary alicyclic amines) is 1. The molecule has 3 fully saturated rings. The summed E-state index contributed by atoms with van der Waals surface area (Å²) in [5.74, 6) is -3.05. The predicted molar refractivity (Wildman–Crippen MR) is 142 cm³/mol. The van der Waals surface area contributed by atoms with Crippen LogP contribution in [-0.2, 0) is 19.8 Å². The van der Waals surface area contributed by atoms with E-state index in [4.69, 9.17) is 0 Å². The monoisotopic (exact) mass is 540 g/mol. The van der Waals surface area contributed by atoms with Crippen molar-refractivity contribution in [3.8, 4) is 0 Å². The molecule has 2 bridgehead atoms. The maximum atomic E-state index is 13.7. The average Bonchev–Trinajstić information content (AvgIpc) is 3.53. The zero-order valence-electron chi connectivity index (χ0n) is 21.6. The first-order valence-corrected chi connectivity index (χ1v) is 14.7. The van der Waals surface area contributed by atoms with Gasteiger partial charge in [0.15, 0.2) is 0 Å². The van der Waals surface area contributed by atoms with E-state index in [9.17, 15) is 24.3 Å². The molecule has 9 heteroatoms. The van der Waals surface area contributed by atoms with E-state index in [0.29, 0.717) is 0 Å². The number of fused-ring (bicyclic) bond motifs is 9. The van der Waals surface area contributed by atoms with Crippen molar-refractivity contribution in [1.29, 1.82) is 0 Å². The summed E-state index contributed by atoms with van der Waals surface area (Å²) in [5.41, 5.74) is 2.38. The van der Waals surface area contributed by atoms with E-state index in [1.165, 1.54) is 16.9 Å². The van der Waals surface area contributed by atoms with Gasteiger partial charge in [-0.3, -0.25) is 19.3 Å². The van der Waals surface area contributed by atoms with Gasteiger partial charge in [0, 0.05) is 16.0 Å². The van der Waals surface area contributed by atoms with Gasteiger partial charge in [0.2, 0.25) is 11.8 Å². The summed E-state index contributed by atoms with van der Waals surface area (Å²) in [5, 5.41) is 10.8. The molecule has 4 aliphatic rings. The first kappa shape index (κ1) is 24.9. The number of imide groups is 1. The smallest absolute Gasteiger partial charge is 0.327 e. The van der Waals surface area contributed by atoms with Crippen LogP contribution in [0, 0.1) is 35.5 Å². The summed E-state index contributed by atoms with van der Waals surface area (Å²) in [6.07, 6.45) is 0.790. The highest BCUT2D eigenvalue weighted by atomic mass is 32.2. The Morgan fingerprint density at radius 3 is 2.24 bits per heavy atom. The number of aromatic amines is 1. The largest absolute Gasteiger partial charge is 0.480 e. The molecule has 2 amide bonds. The van der Waals surface area contributed by atoms with Crippen LogP contribution in [0.15, 0.2) is 34.1 Å². The van der Waals surface area contributed by atoms with Crippen LogP contribution in [-0.4, -0.2) is 44.1 Å². The molecule has 7 unspecified atom stereocenters. The van der Waals surface area contributed by atoms with Crippen molar-refractivity contribution < 1.29 is 19.5 Å². The number of rotatable bonds is 4. The number of hydrogen-bond acceptors (Lipinski definition) is 6. The Morgan fingerprint density at radius 1 is 1.05 bits per heavy atom. The molecule has 2 N–H and O–H groups in total. The molecule has 1 aromatic carbocycles. The molecule has 0 spiro atoms. The number of aliphatic carboxylic acids is 1. The number of thiazole rings is 1. The Balaban J connectivity index is 1.42. The summed E-state index contributed by atoms with van der Waals surface area (Å²) in [4.78, 5) is 56.9. The van der Waals surface area contributed by atoms with Crippen molar-refractivity contribution in [2.24, 2.45) is 35.5 Å². The molecule has 2 aliphatic heterocycles. The molecule has 1 saturated heterocycles. The molecular formula is C28H32N2O5S2. The number of nitrogens with one attached hydrogen (secondary N) is 1. The Kier molecular flexibility index (Phi) is 5.59. The second-order valence-corrected chi connectivity index (χ2v) is 14.6. The van der Waals surface area contributed by atoms with E-state index in [1.54, 1.807) is 25.6 Å². The SMILES string of the molecule is CC(C)C(C(=O)O)N1C(=O)C2C3CC(C2C1=O)C1C3Sc2[nH]c(=O)sc2[C@@H]1c1ccc(C(C)(C)C)cc1. The van der Waals surface area contributed by atoms with Crippen LogP contribution in [0.5, 0.6) is 0 Å². The van der Waals surface area contributed by atoms with Gasteiger partial charge in [0.05, 0.1) is 16.9 Å². The normalized spacial score (nSPS) is 33.0. The van der Waals surface area contributed by atoms with Crippen molar-refractivity contribution in [3.63, 3.8) is 0 Å². The number of carbonyl (C=O) groups is 3. The Labute approximate surface area is 224 Å². The molecular weight excluding hydrogens is 508 g/mol. The van der Waals surface area contributed by atoms with E-state index in [0.717, 1.165) is 26.8 Å². The van der Waals surface area contributed by atoms with E-state index >= 15 is 0 Å². The van der Waals surface area contributed by atoms with Crippen LogP contribution >= 0.6 is 23.1 Å². The fourth-order valence-corrected chi connectivity index (χ4v) is 10.5. The van der Waals surface area contributed by atoms with Gasteiger partial charge in [-0.05, 0) is 46.6 Å². The summed E-state index contributed by atoms with van der Waals surface area (Å²) < 4.78 is 0. The van der Waals surface area contributed by atoms with Gasteiger partial charge in [-0.15, -0.1) is 11.8 Å². The van der Waals surface area contributed by atoms with E-state index in [2.05, 4.69) is 50.0 Å². The summed E-state index contributed by atoms with van der Waals surface area (Å²) >= 11 is 2.90. The summed E-state index contributed by atoms with van der Waals surface area (Å²) in [7, 11) is 0. The van der Waals surface area contributed by atoms with Crippen LogP contribution in [0.25, 0.3) is 0 Å². The Morgan fingerprint density at radius 2 is 1.68 bits per heavy atom. The second-order valence-electron chi connectivity index (χ2n) is 12.4. The molecule has 7 nitrogen and oxygen atoms in total. The van der Waals surface area contributed by atoms with Crippen LogP contribution in [0.1, 0.15) is 63.0 Å². The lowest BCUT2D eigenvalue weighted by Crippen LogP contribution is -2.49. The van der Waals surface area contributed by atoms with Gasteiger partial charge in [0.1, 0.15) is 6.04 Å². The minimum absolute atomic E-state index is 0.0130. The van der Waals surface area contributed by atoms with Crippen molar-refractivity contribution >= 4 is 40.9 Å². The van der Waals surface area contributed by atoms with Gasteiger partial charge in [-0.1, -0.05) is 70.2 Å². The average molecular weight is 541 g/mol.